The van der Waals surface area contributed by atoms with Gasteiger partial charge in [0, 0.05) is 11.4 Å². The molecular formula is C13H20N2O2. The number of carbonyl (C=O) groups excluding carboxylic acids is 1. The third-order valence-electron chi connectivity index (χ3n) is 2.64. The van der Waals surface area contributed by atoms with Crippen LogP contribution in [0.2, 0.25) is 0 Å². The first-order valence-corrected chi connectivity index (χ1v) is 5.80. The number of nitrogens with two attached hydrogens (primary N) is 1. The highest BCUT2D eigenvalue weighted by molar-refractivity contribution is 5.92. The van der Waals surface area contributed by atoms with Crippen molar-refractivity contribution in [2.24, 2.45) is 0 Å². The summed E-state index contributed by atoms with van der Waals surface area (Å²) in [6.45, 7) is 5.95. The van der Waals surface area contributed by atoms with Gasteiger partial charge in [-0.05, 0) is 38.0 Å². The van der Waals surface area contributed by atoms with Crippen molar-refractivity contribution in [3.8, 4) is 0 Å². The molecule has 0 spiro atoms. The molecule has 1 aromatic rings. The molecule has 0 saturated carbocycles. The van der Waals surface area contributed by atoms with Gasteiger partial charge in [0.2, 0.25) is 5.91 Å². The van der Waals surface area contributed by atoms with Crippen LogP contribution in [0.5, 0.6) is 0 Å². The van der Waals surface area contributed by atoms with E-state index in [1.165, 1.54) is 0 Å². The first-order valence-electron chi connectivity index (χ1n) is 5.80. The van der Waals surface area contributed by atoms with Crippen molar-refractivity contribution in [1.82, 2.24) is 0 Å². The van der Waals surface area contributed by atoms with Crippen LogP contribution in [0.3, 0.4) is 0 Å². The molecule has 3 N–H and O–H groups in total. The summed E-state index contributed by atoms with van der Waals surface area (Å²) in [5.41, 5.74) is 8.13. The van der Waals surface area contributed by atoms with Crippen LogP contribution in [-0.2, 0) is 9.53 Å². The molecule has 1 aromatic carbocycles. The smallest absolute Gasteiger partial charge is 0.250 e. The molecule has 94 valence electrons. The Bertz CT molecular complexity index is 391. The second kappa shape index (κ2) is 6.25. The Labute approximate surface area is 102 Å². The summed E-state index contributed by atoms with van der Waals surface area (Å²) in [6.07, 6.45) is 0.994. The molecule has 0 aliphatic heterocycles. The number of benzene rings is 1. The summed E-state index contributed by atoms with van der Waals surface area (Å²) in [4.78, 5) is 11.6. The van der Waals surface area contributed by atoms with E-state index in [1.807, 2.05) is 32.9 Å². The quantitative estimate of drug-likeness (QED) is 0.771. The van der Waals surface area contributed by atoms with Crippen molar-refractivity contribution < 1.29 is 9.53 Å². The first kappa shape index (κ1) is 13.5. The maximum atomic E-state index is 11.6. The van der Waals surface area contributed by atoms with Crippen LogP contribution in [-0.4, -0.2) is 18.6 Å². The average molecular weight is 236 g/mol. The van der Waals surface area contributed by atoms with E-state index in [1.54, 1.807) is 6.07 Å². The van der Waals surface area contributed by atoms with E-state index in [0.717, 1.165) is 12.0 Å². The molecule has 0 radical (unpaired) electrons. The lowest BCUT2D eigenvalue weighted by molar-refractivity contribution is -0.122. The van der Waals surface area contributed by atoms with Crippen LogP contribution in [0.4, 0.5) is 11.4 Å². The number of rotatable bonds is 5. The standard InChI is InChI=1S/C13H20N2O2/c1-4-10(3)17-8-13(16)15-11-6-5-9(2)12(14)7-11/h5-7,10H,4,8,14H2,1-3H3,(H,15,16). The van der Waals surface area contributed by atoms with E-state index in [9.17, 15) is 4.79 Å². The zero-order chi connectivity index (χ0) is 12.8. The van der Waals surface area contributed by atoms with Crippen LogP contribution in [0, 0.1) is 6.92 Å². The number of aryl methyl sites for hydroxylation is 1. The molecule has 1 amide bonds. The molecule has 1 atom stereocenters. The summed E-state index contributed by atoms with van der Waals surface area (Å²) in [6, 6.07) is 5.45. The SMILES string of the molecule is CCC(C)OCC(=O)Nc1ccc(C)c(N)c1. The minimum absolute atomic E-state index is 0.0722. The number of nitrogen functional groups attached to an aromatic ring is 1. The molecular weight excluding hydrogens is 216 g/mol. The Balaban J connectivity index is 2.48. The first-order chi connectivity index (χ1) is 8.02. The van der Waals surface area contributed by atoms with Crippen LogP contribution < -0.4 is 11.1 Å². The molecule has 0 bridgehead atoms. The molecule has 0 saturated heterocycles. The molecule has 1 rings (SSSR count). The monoisotopic (exact) mass is 236 g/mol. The maximum Gasteiger partial charge on any atom is 0.250 e. The number of anilines is 2. The summed E-state index contributed by atoms with van der Waals surface area (Å²) in [7, 11) is 0. The lowest BCUT2D eigenvalue weighted by atomic mass is 10.2. The molecule has 0 fully saturated rings. The summed E-state index contributed by atoms with van der Waals surface area (Å²) in [5.74, 6) is -0.159. The van der Waals surface area contributed by atoms with Gasteiger partial charge in [-0.15, -0.1) is 0 Å². The fourth-order valence-electron chi connectivity index (χ4n) is 1.25. The van der Waals surface area contributed by atoms with Crippen molar-refractivity contribution in [3.05, 3.63) is 23.8 Å². The van der Waals surface area contributed by atoms with Crippen LogP contribution in [0.15, 0.2) is 18.2 Å². The van der Waals surface area contributed by atoms with Crippen molar-refractivity contribution in [1.29, 1.82) is 0 Å². The van der Waals surface area contributed by atoms with Gasteiger partial charge >= 0.3 is 0 Å². The van der Waals surface area contributed by atoms with E-state index >= 15 is 0 Å². The average Bonchev–Trinajstić information content (AvgIpc) is 2.31. The van der Waals surface area contributed by atoms with Crippen LogP contribution >= 0.6 is 0 Å². The topological polar surface area (TPSA) is 64.3 Å². The second-order valence-corrected chi connectivity index (χ2v) is 4.15. The van der Waals surface area contributed by atoms with Crippen LogP contribution in [0.25, 0.3) is 0 Å². The highest BCUT2D eigenvalue weighted by Gasteiger charge is 2.06. The van der Waals surface area contributed by atoms with Gasteiger partial charge in [-0.25, -0.2) is 0 Å². The van der Waals surface area contributed by atoms with E-state index in [-0.39, 0.29) is 18.6 Å². The summed E-state index contributed by atoms with van der Waals surface area (Å²) >= 11 is 0. The molecule has 4 heteroatoms. The van der Waals surface area contributed by atoms with Gasteiger partial charge in [0.25, 0.3) is 0 Å². The number of amides is 1. The van der Waals surface area contributed by atoms with Gasteiger partial charge in [-0.3, -0.25) is 4.79 Å². The number of carbonyl (C=O) groups is 1. The van der Waals surface area contributed by atoms with Crippen molar-refractivity contribution in [2.75, 3.05) is 17.7 Å². The van der Waals surface area contributed by atoms with Gasteiger partial charge in [-0.1, -0.05) is 13.0 Å². The van der Waals surface area contributed by atoms with Crippen molar-refractivity contribution >= 4 is 17.3 Å². The predicted molar refractivity (Wildman–Crippen MR) is 69.9 cm³/mol. The summed E-state index contributed by atoms with van der Waals surface area (Å²) in [5, 5.41) is 2.75. The van der Waals surface area contributed by atoms with Gasteiger partial charge in [0.1, 0.15) is 6.61 Å². The third kappa shape index (κ3) is 4.44. The highest BCUT2D eigenvalue weighted by atomic mass is 16.5. The fraction of sp³-hybridized carbons (Fsp3) is 0.462. The number of hydrogen-bond donors (Lipinski definition) is 2. The molecule has 0 aromatic heterocycles. The minimum atomic E-state index is -0.159. The van der Waals surface area contributed by atoms with Crippen molar-refractivity contribution in [3.63, 3.8) is 0 Å². The molecule has 0 heterocycles. The molecule has 1 unspecified atom stereocenters. The highest BCUT2D eigenvalue weighted by Crippen LogP contribution is 2.16. The maximum absolute atomic E-state index is 11.6. The van der Waals surface area contributed by atoms with E-state index in [2.05, 4.69) is 5.32 Å². The predicted octanol–water partition coefficient (Wildman–Crippen LogP) is 2.33. The van der Waals surface area contributed by atoms with E-state index in [4.69, 9.17) is 10.5 Å². The molecule has 0 aliphatic rings. The number of nitrogens with one attached hydrogen (secondary N) is 1. The lowest BCUT2D eigenvalue weighted by Crippen LogP contribution is -2.21. The second-order valence-electron chi connectivity index (χ2n) is 4.15. The van der Waals surface area contributed by atoms with Gasteiger partial charge in [0.15, 0.2) is 0 Å². The summed E-state index contributed by atoms with van der Waals surface area (Å²) < 4.78 is 5.34. The number of ether oxygens (including phenoxy) is 1. The van der Waals surface area contributed by atoms with Gasteiger partial charge in [-0.2, -0.15) is 0 Å². The minimum Gasteiger partial charge on any atom is -0.398 e. The zero-order valence-corrected chi connectivity index (χ0v) is 10.6. The number of hydrogen-bond acceptors (Lipinski definition) is 3. The lowest BCUT2D eigenvalue weighted by Gasteiger charge is -2.11. The fourth-order valence-corrected chi connectivity index (χ4v) is 1.25. The molecule has 4 nitrogen and oxygen atoms in total. The largest absolute Gasteiger partial charge is 0.398 e. The normalized spacial score (nSPS) is 12.2. The Hall–Kier alpha value is -1.55. The van der Waals surface area contributed by atoms with Gasteiger partial charge in [0.05, 0.1) is 6.10 Å². The van der Waals surface area contributed by atoms with Crippen molar-refractivity contribution in [2.45, 2.75) is 33.3 Å². The van der Waals surface area contributed by atoms with E-state index in [0.29, 0.717) is 11.4 Å². The third-order valence-corrected chi connectivity index (χ3v) is 2.64. The molecule has 17 heavy (non-hydrogen) atoms. The Kier molecular flexibility index (Phi) is 4.97. The van der Waals surface area contributed by atoms with Gasteiger partial charge < -0.3 is 15.8 Å². The van der Waals surface area contributed by atoms with E-state index < -0.39 is 0 Å². The Morgan fingerprint density at radius 3 is 2.82 bits per heavy atom. The Morgan fingerprint density at radius 1 is 1.53 bits per heavy atom. The molecule has 0 aliphatic carbocycles. The van der Waals surface area contributed by atoms with Crippen LogP contribution in [0.1, 0.15) is 25.8 Å². The Morgan fingerprint density at radius 2 is 2.24 bits per heavy atom. The zero-order valence-electron chi connectivity index (χ0n) is 10.6.